The van der Waals surface area contributed by atoms with E-state index in [1.165, 1.54) is 11.8 Å². The van der Waals surface area contributed by atoms with Gasteiger partial charge in [0.05, 0.1) is 18.8 Å². The Morgan fingerprint density at radius 3 is 2.16 bits per heavy atom. The van der Waals surface area contributed by atoms with Gasteiger partial charge in [-0.1, -0.05) is 146 Å². The van der Waals surface area contributed by atoms with Crippen molar-refractivity contribution in [2.45, 2.75) is 43.8 Å². The molecule has 0 spiro atoms. The van der Waals surface area contributed by atoms with E-state index < -0.39 is 6.29 Å². The largest absolute Gasteiger partial charge is 0.431 e. The van der Waals surface area contributed by atoms with Gasteiger partial charge < -0.3 is 29.6 Å². The first-order valence-corrected chi connectivity index (χ1v) is 18.0. The number of amides is 2. The minimum absolute atomic E-state index is 0.0306. The van der Waals surface area contributed by atoms with E-state index in [-0.39, 0.29) is 30.8 Å². The molecule has 2 heterocycles. The standard InChI is InChI=1S/C42H39N3O5S/c1-28-36(27-51-42-45-37(31-14-7-3-8-15-31)39(50-42)32-16-9-4-10-17-32)48-40(49-38(28)33-22-20-30(26-46)21-23-33)34-18-11-19-35(24-34)44-41(47)43-25-29-12-5-2-6-13-29/h2-24,28,36,38,40,46H,25-27H2,1H3,(H2,43,44,47). The van der Waals surface area contributed by atoms with Crippen molar-refractivity contribution < 1.29 is 23.8 Å². The summed E-state index contributed by atoms with van der Waals surface area (Å²) in [6.07, 6.45) is -1.24. The molecule has 4 unspecified atom stereocenters. The number of aliphatic hydroxyl groups is 1. The molecule has 7 rings (SSSR count). The van der Waals surface area contributed by atoms with Crippen molar-refractivity contribution in [3.8, 4) is 22.6 Å². The van der Waals surface area contributed by atoms with Crippen LogP contribution >= 0.6 is 11.8 Å². The predicted octanol–water partition coefficient (Wildman–Crippen LogP) is 9.41. The number of anilines is 1. The lowest BCUT2D eigenvalue weighted by atomic mass is 9.91. The number of oxazole rings is 1. The summed E-state index contributed by atoms with van der Waals surface area (Å²) in [5, 5.41) is 16.1. The summed E-state index contributed by atoms with van der Waals surface area (Å²) in [5.74, 6) is 1.26. The fourth-order valence-corrected chi connectivity index (χ4v) is 7.11. The molecule has 4 atom stereocenters. The first kappa shape index (κ1) is 34.3. The second-order valence-corrected chi connectivity index (χ2v) is 13.4. The maximum Gasteiger partial charge on any atom is 0.319 e. The third-order valence-electron chi connectivity index (χ3n) is 8.90. The summed E-state index contributed by atoms with van der Waals surface area (Å²) in [6.45, 7) is 2.51. The van der Waals surface area contributed by atoms with Gasteiger partial charge in [-0.05, 0) is 28.8 Å². The number of aliphatic hydroxyl groups excluding tert-OH is 1. The van der Waals surface area contributed by atoms with Crippen LogP contribution in [-0.2, 0) is 22.6 Å². The molecule has 1 aromatic heterocycles. The number of nitrogens with one attached hydrogen (secondary N) is 2. The molecule has 0 radical (unpaired) electrons. The second kappa shape index (κ2) is 16.2. The Bertz CT molecular complexity index is 1970. The number of rotatable bonds is 11. The van der Waals surface area contributed by atoms with E-state index in [4.69, 9.17) is 18.9 Å². The number of thioether (sulfide) groups is 1. The molecule has 0 aliphatic carbocycles. The number of nitrogens with zero attached hydrogens (tertiary/aromatic N) is 1. The average Bonchev–Trinajstić information content (AvgIpc) is 3.62. The van der Waals surface area contributed by atoms with E-state index in [2.05, 4.69) is 17.6 Å². The molecule has 3 N–H and O–H groups in total. The zero-order chi connectivity index (χ0) is 35.0. The van der Waals surface area contributed by atoms with Crippen molar-refractivity contribution in [3.63, 3.8) is 0 Å². The van der Waals surface area contributed by atoms with Crippen molar-refractivity contribution in [2.24, 2.45) is 5.92 Å². The van der Waals surface area contributed by atoms with E-state index in [9.17, 15) is 9.90 Å². The van der Waals surface area contributed by atoms with Crippen LogP contribution in [0, 0.1) is 5.92 Å². The summed E-state index contributed by atoms with van der Waals surface area (Å²) in [5.41, 5.74) is 6.98. The van der Waals surface area contributed by atoms with Crippen LogP contribution in [0.1, 0.15) is 41.6 Å². The van der Waals surface area contributed by atoms with Crippen molar-refractivity contribution in [1.82, 2.24) is 10.3 Å². The van der Waals surface area contributed by atoms with Crippen molar-refractivity contribution in [3.05, 3.63) is 162 Å². The lowest BCUT2D eigenvalue weighted by Gasteiger charge is -2.41. The van der Waals surface area contributed by atoms with Crippen LogP contribution < -0.4 is 10.6 Å². The van der Waals surface area contributed by atoms with Gasteiger partial charge in [0.2, 0.25) is 0 Å². The highest BCUT2D eigenvalue weighted by Gasteiger charge is 2.39. The van der Waals surface area contributed by atoms with Gasteiger partial charge in [0.25, 0.3) is 5.22 Å². The fraction of sp³-hybridized carbons (Fsp3) is 0.190. The third kappa shape index (κ3) is 8.41. The Hall–Kier alpha value is -5.19. The van der Waals surface area contributed by atoms with Gasteiger partial charge in [-0.3, -0.25) is 0 Å². The topological polar surface area (TPSA) is 106 Å². The van der Waals surface area contributed by atoms with Crippen molar-refractivity contribution >= 4 is 23.5 Å². The lowest BCUT2D eigenvalue weighted by molar-refractivity contribution is -0.268. The molecule has 0 saturated carbocycles. The Kier molecular flexibility index (Phi) is 10.9. The molecule has 1 aliphatic rings. The van der Waals surface area contributed by atoms with Gasteiger partial charge in [0.1, 0.15) is 5.69 Å². The summed E-state index contributed by atoms with van der Waals surface area (Å²) in [7, 11) is 0. The first-order chi connectivity index (χ1) is 25.0. The Morgan fingerprint density at radius 1 is 0.765 bits per heavy atom. The van der Waals surface area contributed by atoms with Crippen LogP contribution in [0.15, 0.2) is 149 Å². The minimum atomic E-state index is -0.701. The van der Waals surface area contributed by atoms with Gasteiger partial charge >= 0.3 is 6.03 Å². The molecule has 51 heavy (non-hydrogen) atoms. The van der Waals surface area contributed by atoms with Crippen LogP contribution in [0.25, 0.3) is 22.6 Å². The van der Waals surface area contributed by atoms with Gasteiger partial charge in [-0.25, -0.2) is 9.78 Å². The predicted molar refractivity (Wildman–Crippen MR) is 200 cm³/mol. The molecule has 258 valence electrons. The number of ether oxygens (including phenoxy) is 2. The molecule has 0 bridgehead atoms. The molecule has 1 aliphatic heterocycles. The highest BCUT2D eigenvalue weighted by atomic mass is 32.2. The Morgan fingerprint density at radius 2 is 1.45 bits per heavy atom. The van der Waals surface area contributed by atoms with E-state index >= 15 is 0 Å². The zero-order valence-corrected chi connectivity index (χ0v) is 29.0. The van der Waals surface area contributed by atoms with Gasteiger partial charge in [-0.15, -0.1) is 0 Å². The molecule has 9 heteroatoms. The molecule has 8 nitrogen and oxygen atoms in total. The second-order valence-electron chi connectivity index (χ2n) is 12.4. The van der Waals surface area contributed by atoms with E-state index in [0.717, 1.165) is 44.8 Å². The van der Waals surface area contributed by atoms with Crippen molar-refractivity contribution in [2.75, 3.05) is 11.1 Å². The van der Waals surface area contributed by atoms with Crippen LogP contribution in [0.4, 0.5) is 10.5 Å². The highest BCUT2D eigenvalue weighted by molar-refractivity contribution is 7.99. The van der Waals surface area contributed by atoms with E-state index in [0.29, 0.717) is 23.2 Å². The van der Waals surface area contributed by atoms with Crippen LogP contribution in [-0.4, -0.2) is 28.0 Å². The maximum atomic E-state index is 12.8. The monoisotopic (exact) mass is 697 g/mol. The number of urea groups is 1. The maximum absolute atomic E-state index is 12.8. The molecule has 6 aromatic rings. The first-order valence-electron chi connectivity index (χ1n) is 17.0. The molecule has 5 aromatic carbocycles. The summed E-state index contributed by atoms with van der Waals surface area (Å²) < 4.78 is 19.8. The van der Waals surface area contributed by atoms with Gasteiger partial charge in [0.15, 0.2) is 12.1 Å². The highest BCUT2D eigenvalue weighted by Crippen LogP contribution is 2.44. The quantitative estimate of drug-likeness (QED) is 0.116. The zero-order valence-electron chi connectivity index (χ0n) is 28.1. The summed E-state index contributed by atoms with van der Waals surface area (Å²) >= 11 is 1.51. The van der Waals surface area contributed by atoms with Crippen LogP contribution in [0.3, 0.4) is 0 Å². The van der Waals surface area contributed by atoms with Crippen molar-refractivity contribution in [1.29, 1.82) is 0 Å². The smallest absolute Gasteiger partial charge is 0.319 e. The molecule has 1 saturated heterocycles. The number of carbonyl (C=O) groups excluding carboxylic acids is 1. The minimum Gasteiger partial charge on any atom is -0.431 e. The number of benzene rings is 5. The SMILES string of the molecule is CC1C(CSc2nc(-c3ccccc3)c(-c3ccccc3)o2)OC(c2cccc(NC(=O)NCc3ccccc3)c2)OC1c1ccc(CO)cc1. The number of hydrogen-bond donors (Lipinski definition) is 3. The average molecular weight is 698 g/mol. The number of carbonyl (C=O) groups is 1. The Labute approximate surface area is 301 Å². The molecule has 1 fully saturated rings. The van der Waals surface area contributed by atoms with Gasteiger partial charge in [0, 0.05) is 40.6 Å². The Balaban J connectivity index is 1.12. The lowest BCUT2D eigenvalue weighted by Crippen LogP contribution is -2.38. The van der Waals surface area contributed by atoms with Gasteiger partial charge in [-0.2, -0.15) is 0 Å². The summed E-state index contributed by atoms with van der Waals surface area (Å²) in [6, 6.07) is 44.9. The fourth-order valence-electron chi connectivity index (χ4n) is 6.12. The third-order valence-corrected chi connectivity index (χ3v) is 9.81. The normalized spacial score (nSPS) is 18.6. The van der Waals surface area contributed by atoms with Crippen LogP contribution in [0.2, 0.25) is 0 Å². The molecular formula is C42H39N3O5S. The van der Waals surface area contributed by atoms with Crippen LogP contribution in [0.5, 0.6) is 0 Å². The molecular weight excluding hydrogens is 659 g/mol. The molecule has 2 amide bonds. The van der Waals surface area contributed by atoms with E-state index in [1.807, 2.05) is 140 Å². The summed E-state index contributed by atoms with van der Waals surface area (Å²) in [4.78, 5) is 17.7. The number of aromatic nitrogens is 1. The van der Waals surface area contributed by atoms with E-state index in [1.54, 1.807) is 0 Å². The number of hydrogen-bond acceptors (Lipinski definition) is 7.